The maximum absolute atomic E-state index is 13.7. The van der Waals surface area contributed by atoms with Gasteiger partial charge in [-0.1, -0.05) is 12.1 Å². The number of hydrogen-bond donors (Lipinski definition) is 1. The van der Waals surface area contributed by atoms with Crippen molar-refractivity contribution in [2.45, 2.75) is 0 Å². The van der Waals surface area contributed by atoms with Crippen molar-refractivity contribution in [3.63, 3.8) is 0 Å². The first-order chi connectivity index (χ1) is 13.1. The SMILES string of the molecule is O=C1NC(=Nc2ccccc2F)S/C1=C\c1ccc(-c2ccc(F)cc2)o1. The van der Waals surface area contributed by atoms with E-state index in [1.165, 1.54) is 24.3 Å². The number of carbonyl (C=O) groups is 1. The van der Waals surface area contributed by atoms with Gasteiger partial charge >= 0.3 is 0 Å². The van der Waals surface area contributed by atoms with Crippen LogP contribution < -0.4 is 5.32 Å². The monoisotopic (exact) mass is 382 g/mol. The Bertz CT molecular complexity index is 1070. The molecule has 0 radical (unpaired) electrons. The van der Waals surface area contributed by atoms with Crippen molar-refractivity contribution >= 4 is 34.6 Å². The molecule has 1 saturated heterocycles. The van der Waals surface area contributed by atoms with Crippen LogP contribution in [0.15, 0.2) is 75.0 Å². The minimum Gasteiger partial charge on any atom is -0.457 e. The van der Waals surface area contributed by atoms with Gasteiger partial charge in [-0.25, -0.2) is 13.8 Å². The zero-order valence-electron chi connectivity index (χ0n) is 13.8. The maximum Gasteiger partial charge on any atom is 0.264 e. The topological polar surface area (TPSA) is 54.6 Å². The summed E-state index contributed by atoms with van der Waals surface area (Å²) in [4.78, 5) is 16.6. The van der Waals surface area contributed by atoms with Crippen LogP contribution >= 0.6 is 11.8 Å². The maximum atomic E-state index is 13.7. The molecule has 27 heavy (non-hydrogen) atoms. The molecule has 0 spiro atoms. The van der Waals surface area contributed by atoms with E-state index in [-0.39, 0.29) is 17.4 Å². The number of amides is 1. The molecule has 2 aromatic carbocycles. The minimum absolute atomic E-state index is 0.151. The molecule has 4 rings (SSSR count). The van der Waals surface area contributed by atoms with Gasteiger partial charge in [0.25, 0.3) is 5.91 Å². The number of hydrogen-bond acceptors (Lipinski definition) is 4. The van der Waals surface area contributed by atoms with Crippen molar-refractivity contribution in [1.29, 1.82) is 0 Å². The summed E-state index contributed by atoms with van der Waals surface area (Å²) in [6, 6.07) is 15.4. The van der Waals surface area contributed by atoms with Gasteiger partial charge in [0, 0.05) is 11.6 Å². The lowest BCUT2D eigenvalue weighted by molar-refractivity contribution is -0.115. The van der Waals surface area contributed by atoms with Crippen molar-refractivity contribution in [3.8, 4) is 11.3 Å². The van der Waals surface area contributed by atoms with Gasteiger partial charge in [-0.2, -0.15) is 0 Å². The Balaban J connectivity index is 1.55. The molecular formula is C20H12F2N2O2S. The summed E-state index contributed by atoms with van der Waals surface area (Å²) in [5.41, 5.74) is 0.879. The van der Waals surface area contributed by atoms with E-state index in [0.29, 0.717) is 21.6 Å². The number of benzene rings is 2. The average molecular weight is 382 g/mol. The van der Waals surface area contributed by atoms with Crippen LogP contribution in [0.1, 0.15) is 5.76 Å². The molecule has 1 aliphatic rings. The van der Waals surface area contributed by atoms with E-state index in [4.69, 9.17) is 4.42 Å². The van der Waals surface area contributed by atoms with Gasteiger partial charge in [-0.3, -0.25) is 4.79 Å². The summed E-state index contributed by atoms with van der Waals surface area (Å²) >= 11 is 1.10. The van der Waals surface area contributed by atoms with Gasteiger partial charge in [-0.15, -0.1) is 0 Å². The fraction of sp³-hybridized carbons (Fsp3) is 0. The molecule has 0 unspecified atom stereocenters. The van der Waals surface area contributed by atoms with Gasteiger partial charge in [-0.05, 0) is 60.3 Å². The number of carbonyl (C=O) groups excluding carboxylic acids is 1. The van der Waals surface area contributed by atoms with Crippen LogP contribution in [-0.4, -0.2) is 11.1 Å². The second-order valence-corrected chi connectivity index (χ2v) is 6.67. The van der Waals surface area contributed by atoms with Crippen LogP contribution in [0.4, 0.5) is 14.5 Å². The number of furan rings is 1. The van der Waals surface area contributed by atoms with Crippen molar-refractivity contribution in [1.82, 2.24) is 5.32 Å². The van der Waals surface area contributed by atoms with E-state index >= 15 is 0 Å². The standard InChI is InChI=1S/C20H12F2N2O2S/c21-13-7-5-12(6-8-13)17-10-9-14(26-17)11-18-19(25)24-20(27-18)23-16-4-2-1-3-15(16)22/h1-11H,(H,23,24,25)/b18-11-. The highest BCUT2D eigenvalue weighted by molar-refractivity contribution is 8.18. The average Bonchev–Trinajstić information content (AvgIpc) is 3.25. The highest BCUT2D eigenvalue weighted by Crippen LogP contribution is 2.30. The molecule has 0 aliphatic carbocycles. The first-order valence-corrected chi connectivity index (χ1v) is 8.80. The third-order valence-electron chi connectivity index (χ3n) is 3.75. The molecule has 134 valence electrons. The predicted octanol–water partition coefficient (Wildman–Crippen LogP) is 5.12. The van der Waals surface area contributed by atoms with Crippen molar-refractivity contribution in [2.75, 3.05) is 0 Å². The molecule has 7 heteroatoms. The Morgan fingerprint density at radius 1 is 1.00 bits per heavy atom. The first kappa shape index (κ1) is 17.2. The van der Waals surface area contributed by atoms with Crippen LogP contribution in [0.5, 0.6) is 0 Å². The minimum atomic E-state index is -0.466. The molecule has 0 bridgehead atoms. The number of para-hydroxylation sites is 1. The Labute approximate surface area is 157 Å². The molecule has 0 atom stereocenters. The molecule has 3 aromatic rings. The molecule has 1 N–H and O–H groups in total. The van der Waals surface area contributed by atoms with Gasteiger partial charge in [0.05, 0.1) is 4.91 Å². The second kappa shape index (κ2) is 7.20. The van der Waals surface area contributed by atoms with E-state index in [2.05, 4.69) is 10.3 Å². The van der Waals surface area contributed by atoms with Crippen LogP contribution in [0.2, 0.25) is 0 Å². The number of halogens is 2. The van der Waals surface area contributed by atoms with E-state index in [0.717, 1.165) is 17.3 Å². The van der Waals surface area contributed by atoms with E-state index < -0.39 is 5.82 Å². The Hall–Kier alpha value is -3.19. The number of nitrogens with zero attached hydrogens (tertiary/aromatic N) is 1. The Morgan fingerprint density at radius 3 is 2.56 bits per heavy atom. The zero-order chi connectivity index (χ0) is 18.8. The number of thioether (sulfide) groups is 1. The second-order valence-electron chi connectivity index (χ2n) is 5.64. The summed E-state index contributed by atoms with van der Waals surface area (Å²) in [7, 11) is 0. The quantitative estimate of drug-likeness (QED) is 0.640. The lowest BCUT2D eigenvalue weighted by Crippen LogP contribution is -2.19. The summed E-state index contributed by atoms with van der Waals surface area (Å²) in [6.45, 7) is 0. The lowest BCUT2D eigenvalue weighted by atomic mass is 10.2. The van der Waals surface area contributed by atoms with Crippen LogP contribution in [0.25, 0.3) is 17.4 Å². The highest BCUT2D eigenvalue weighted by Gasteiger charge is 2.24. The molecule has 1 amide bonds. The van der Waals surface area contributed by atoms with E-state index in [1.807, 2.05) is 0 Å². The largest absolute Gasteiger partial charge is 0.457 e. The van der Waals surface area contributed by atoms with Crippen molar-refractivity contribution in [3.05, 3.63) is 83.0 Å². The van der Waals surface area contributed by atoms with E-state index in [9.17, 15) is 13.6 Å². The zero-order valence-corrected chi connectivity index (χ0v) is 14.6. The summed E-state index contributed by atoms with van der Waals surface area (Å²) in [5.74, 6) is -0.0972. The number of amidine groups is 1. The molecular weight excluding hydrogens is 370 g/mol. The molecule has 1 fully saturated rings. The van der Waals surface area contributed by atoms with Gasteiger partial charge < -0.3 is 9.73 Å². The first-order valence-electron chi connectivity index (χ1n) is 7.98. The molecule has 4 nitrogen and oxygen atoms in total. The Morgan fingerprint density at radius 2 is 1.78 bits per heavy atom. The van der Waals surface area contributed by atoms with Crippen molar-refractivity contribution < 1.29 is 18.0 Å². The Kier molecular flexibility index (Phi) is 4.60. The van der Waals surface area contributed by atoms with Crippen LogP contribution in [0, 0.1) is 11.6 Å². The van der Waals surface area contributed by atoms with Crippen LogP contribution in [0.3, 0.4) is 0 Å². The summed E-state index contributed by atoms with van der Waals surface area (Å²) < 4.78 is 32.4. The molecule has 0 saturated carbocycles. The number of aliphatic imine (C=N–C) groups is 1. The summed E-state index contributed by atoms with van der Waals surface area (Å²) in [5, 5.41) is 2.89. The van der Waals surface area contributed by atoms with Gasteiger partial charge in [0.15, 0.2) is 5.17 Å². The molecule has 1 aromatic heterocycles. The van der Waals surface area contributed by atoms with Crippen molar-refractivity contribution in [2.24, 2.45) is 4.99 Å². The number of nitrogens with one attached hydrogen (secondary N) is 1. The lowest BCUT2D eigenvalue weighted by Gasteiger charge is -1.97. The third-order valence-corrected chi connectivity index (χ3v) is 4.66. The molecule has 2 heterocycles. The van der Waals surface area contributed by atoms with Gasteiger partial charge in [0.1, 0.15) is 28.8 Å². The normalized spacial score (nSPS) is 16.9. The fourth-order valence-corrected chi connectivity index (χ4v) is 3.28. The third kappa shape index (κ3) is 3.83. The predicted molar refractivity (Wildman–Crippen MR) is 101 cm³/mol. The smallest absolute Gasteiger partial charge is 0.264 e. The van der Waals surface area contributed by atoms with Crippen LogP contribution in [-0.2, 0) is 4.79 Å². The number of rotatable bonds is 3. The summed E-state index contributed by atoms with van der Waals surface area (Å²) in [6.07, 6.45) is 1.58. The van der Waals surface area contributed by atoms with Gasteiger partial charge in [0.2, 0.25) is 0 Å². The highest BCUT2D eigenvalue weighted by atomic mass is 32.2. The van der Waals surface area contributed by atoms with E-state index in [1.54, 1.807) is 42.5 Å². The molecule has 1 aliphatic heterocycles. The fourth-order valence-electron chi connectivity index (χ4n) is 2.46.